The minimum atomic E-state index is -0.318. The van der Waals surface area contributed by atoms with E-state index >= 15 is 0 Å². The van der Waals surface area contributed by atoms with Crippen LogP contribution in [0.5, 0.6) is 0 Å². The summed E-state index contributed by atoms with van der Waals surface area (Å²) in [5, 5.41) is 3.34. The normalized spacial score (nSPS) is 25.7. The highest BCUT2D eigenvalue weighted by molar-refractivity contribution is 5.09. The van der Waals surface area contributed by atoms with Gasteiger partial charge in [-0.3, -0.25) is 4.57 Å². The first kappa shape index (κ1) is 10.1. The van der Waals surface area contributed by atoms with Gasteiger partial charge in [-0.15, -0.1) is 0 Å². The van der Waals surface area contributed by atoms with Crippen LogP contribution in [0.25, 0.3) is 0 Å². The zero-order valence-corrected chi connectivity index (χ0v) is 8.68. The van der Waals surface area contributed by atoms with Gasteiger partial charge in [-0.25, -0.2) is 9.78 Å². The fourth-order valence-corrected chi connectivity index (χ4v) is 1.91. The van der Waals surface area contributed by atoms with Crippen molar-refractivity contribution in [1.82, 2.24) is 19.9 Å². The van der Waals surface area contributed by atoms with Crippen molar-refractivity contribution in [2.45, 2.75) is 25.9 Å². The van der Waals surface area contributed by atoms with Gasteiger partial charge in [-0.1, -0.05) is 0 Å². The lowest BCUT2D eigenvalue weighted by molar-refractivity contribution is 0.398. The minimum Gasteiger partial charge on any atom is -0.368 e. The number of anilines is 1. The maximum absolute atomic E-state index is 11.4. The fraction of sp³-hybridized carbons (Fsp3) is 0.667. The molecule has 1 saturated heterocycles. The van der Waals surface area contributed by atoms with Crippen molar-refractivity contribution in [3.8, 4) is 0 Å². The van der Waals surface area contributed by atoms with Crippen molar-refractivity contribution in [1.29, 1.82) is 0 Å². The highest BCUT2D eigenvalue weighted by Crippen LogP contribution is 2.16. The number of nitrogens with two attached hydrogens (primary N) is 1. The Balaban J connectivity index is 2.14. The Kier molecular flexibility index (Phi) is 2.68. The zero-order valence-electron chi connectivity index (χ0n) is 8.68. The Hall–Kier alpha value is -1.43. The van der Waals surface area contributed by atoms with Crippen molar-refractivity contribution in [3.63, 3.8) is 0 Å². The summed E-state index contributed by atoms with van der Waals surface area (Å²) >= 11 is 0. The molecule has 1 aliphatic heterocycles. The Morgan fingerprint density at radius 2 is 2.53 bits per heavy atom. The molecule has 0 radical (unpaired) electrons. The summed E-state index contributed by atoms with van der Waals surface area (Å²) in [6.07, 6.45) is 2.55. The number of nitrogen functional groups attached to an aromatic ring is 1. The summed E-state index contributed by atoms with van der Waals surface area (Å²) in [5.74, 6) is 0.503. The van der Waals surface area contributed by atoms with E-state index in [1.807, 2.05) is 0 Å². The maximum Gasteiger partial charge on any atom is 0.352 e. The third-order valence-electron chi connectivity index (χ3n) is 2.91. The first-order valence-electron chi connectivity index (χ1n) is 5.09. The molecule has 82 valence electrons. The lowest BCUT2D eigenvalue weighted by atomic mass is 10.0. The molecule has 3 N–H and O–H groups in total. The van der Waals surface area contributed by atoms with Gasteiger partial charge in [0.05, 0.1) is 0 Å². The number of nitrogens with zero attached hydrogens (tertiary/aromatic N) is 3. The molecule has 1 aromatic heterocycles. The molecule has 0 aromatic carbocycles. The van der Waals surface area contributed by atoms with Crippen LogP contribution in [-0.4, -0.2) is 27.1 Å². The summed E-state index contributed by atoms with van der Waals surface area (Å²) in [6.45, 7) is 3.80. The van der Waals surface area contributed by atoms with Crippen LogP contribution in [0.4, 0.5) is 5.95 Å². The van der Waals surface area contributed by atoms with Crippen LogP contribution >= 0.6 is 0 Å². The van der Waals surface area contributed by atoms with Crippen LogP contribution in [0.15, 0.2) is 11.1 Å². The van der Waals surface area contributed by atoms with Crippen LogP contribution in [0, 0.1) is 5.92 Å². The average molecular weight is 209 g/mol. The molecule has 0 aliphatic carbocycles. The quantitative estimate of drug-likeness (QED) is 0.667. The smallest absolute Gasteiger partial charge is 0.352 e. The van der Waals surface area contributed by atoms with Crippen LogP contribution in [0.3, 0.4) is 0 Å². The van der Waals surface area contributed by atoms with Gasteiger partial charge in [0, 0.05) is 12.6 Å². The third-order valence-corrected chi connectivity index (χ3v) is 2.91. The van der Waals surface area contributed by atoms with Crippen molar-refractivity contribution in [2.75, 3.05) is 12.3 Å². The molecule has 2 unspecified atom stereocenters. The minimum absolute atomic E-state index is 0.0360. The highest BCUT2D eigenvalue weighted by Gasteiger charge is 2.23. The monoisotopic (exact) mass is 209 g/mol. The number of hydrogen-bond donors (Lipinski definition) is 2. The van der Waals surface area contributed by atoms with Gasteiger partial charge in [-0.05, 0) is 25.8 Å². The van der Waals surface area contributed by atoms with Crippen molar-refractivity contribution < 1.29 is 0 Å². The SMILES string of the molecule is CC1NCCC1Cn1cnc(N)nc1=O. The second-order valence-corrected chi connectivity index (χ2v) is 3.94. The van der Waals surface area contributed by atoms with E-state index in [4.69, 9.17) is 5.73 Å². The Morgan fingerprint density at radius 3 is 3.13 bits per heavy atom. The molecule has 0 saturated carbocycles. The number of aromatic nitrogens is 3. The summed E-state index contributed by atoms with van der Waals surface area (Å²) in [4.78, 5) is 18.9. The Morgan fingerprint density at radius 1 is 1.73 bits per heavy atom. The Bertz CT molecular complexity index is 402. The number of nitrogens with one attached hydrogen (secondary N) is 1. The van der Waals surface area contributed by atoms with Crippen LogP contribution < -0.4 is 16.7 Å². The lowest BCUT2D eigenvalue weighted by Gasteiger charge is -2.15. The van der Waals surface area contributed by atoms with Gasteiger partial charge < -0.3 is 11.1 Å². The molecule has 6 heteroatoms. The largest absolute Gasteiger partial charge is 0.368 e. The van der Waals surface area contributed by atoms with Gasteiger partial charge in [-0.2, -0.15) is 4.98 Å². The second kappa shape index (κ2) is 3.98. The van der Waals surface area contributed by atoms with E-state index in [-0.39, 0.29) is 11.6 Å². The highest BCUT2D eigenvalue weighted by atomic mass is 16.1. The Labute approximate surface area is 87.5 Å². The molecule has 15 heavy (non-hydrogen) atoms. The molecule has 2 atom stereocenters. The van der Waals surface area contributed by atoms with Gasteiger partial charge in [0.25, 0.3) is 0 Å². The van der Waals surface area contributed by atoms with E-state index < -0.39 is 0 Å². The van der Waals surface area contributed by atoms with Crippen LogP contribution in [0.2, 0.25) is 0 Å². The zero-order chi connectivity index (χ0) is 10.8. The predicted octanol–water partition coefficient (Wildman–Crippen LogP) is -0.781. The molecule has 2 heterocycles. The lowest BCUT2D eigenvalue weighted by Crippen LogP contribution is -2.31. The molecule has 6 nitrogen and oxygen atoms in total. The number of hydrogen-bond acceptors (Lipinski definition) is 5. The summed E-state index contributed by atoms with van der Waals surface area (Å²) in [6, 6.07) is 0.439. The van der Waals surface area contributed by atoms with Crippen molar-refractivity contribution >= 4 is 5.95 Å². The van der Waals surface area contributed by atoms with Gasteiger partial charge in [0.2, 0.25) is 5.95 Å². The van der Waals surface area contributed by atoms with E-state index in [1.165, 1.54) is 10.9 Å². The van der Waals surface area contributed by atoms with Gasteiger partial charge in [0.15, 0.2) is 0 Å². The molecular weight excluding hydrogens is 194 g/mol. The van der Waals surface area contributed by atoms with Crippen LogP contribution in [-0.2, 0) is 6.54 Å². The maximum atomic E-state index is 11.4. The van der Waals surface area contributed by atoms with E-state index in [9.17, 15) is 4.79 Å². The molecule has 0 bridgehead atoms. The molecule has 1 aliphatic rings. The fourth-order valence-electron chi connectivity index (χ4n) is 1.91. The molecule has 0 spiro atoms. The van der Waals surface area contributed by atoms with Gasteiger partial charge >= 0.3 is 5.69 Å². The first-order chi connectivity index (χ1) is 7.16. The third kappa shape index (κ3) is 2.15. The van der Waals surface area contributed by atoms with Crippen molar-refractivity contribution in [2.24, 2.45) is 5.92 Å². The van der Waals surface area contributed by atoms with Crippen molar-refractivity contribution in [3.05, 3.63) is 16.8 Å². The van der Waals surface area contributed by atoms with E-state index in [0.717, 1.165) is 13.0 Å². The molecular formula is C9H15N5O. The average Bonchev–Trinajstić information content (AvgIpc) is 2.57. The predicted molar refractivity (Wildman–Crippen MR) is 56.3 cm³/mol. The molecule has 0 amide bonds. The van der Waals surface area contributed by atoms with E-state index in [0.29, 0.717) is 18.5 Å². The first-order valence-corrected chi connectivity index (χ1v) is 5.09. The van der Waals surface area contributed by atoms with E-state index in [2.05, 4.69) is 22.2 Å². The van der Waals surface area contributed by atoms with Gasteiger partial charge in [0.1, 0.15) is 6.33 Å². The summed E-state index contributed by atoms with van der Waals surface area (Å²) in [5.41, 5.74) is 5.00. The van der Waals surface area contributed by atoms with Crippen LogP contribution in [0.1, 0.15) is 13.3 Å². The molecule has 1 fully saturated rings. The standard InChI is InChI=1S/C9H15N5O/c1-6-7(2-3-11-6)4-14-5-12-8(10)13-9(14)15/h5-7,11H,2-4H2,1H3,(H2,10,13,15). The molecule has 2 rings (SSSR count). The summed E-state index contributed by atoms with van der Waals surface area (Å²) in [7, 11) is 0. The summed E-state index contributed by atoms with van der Waals surface area (Å²) < 4.78 is 1.52. The topological polar surface area (TPSA) is 85.8 Å². The van der Waals surface area contributed by atoms with E-state index in [1.54, 1.807) is 0 Å². The molecule has 1 aromatic rings. The number of rotatable bonds is 2. The second-order valence-electron chi connectivity index (χ2n) is 3.94.